The second-order valence-electron chi connectivity index (χ2n) is 5.07. The third-order valence-corrected chi connectivity index (χ3v) is 4.08. The van der Waals surface area contributed by atoms with Gasteiger partial charge in [-0.05, 0) is 5.92 Å². The number of aromatic nitrogens is 4. The first-order valence-corrected chi connectivity index (χ1v) is 7.74. The Bertz CT molecular complexity index is 730. The Morgan fingerprint density at radius 2 is 2.00 bits per heavy atom. The molecule has 6 heteroatoms. The van der Waals surface area contributed by atoms with E-state index < -0.39 is 0 Å². The van der Waals surface area contributed by atoms with E-state index in [-0.39, 0.29) is 0 Å². The fourth-order valence-electron chi connectivity index (χ4n) is 2.29. The van der Waals surface area contributed by atoms with Crippen molar-refractivity contribution in [2.75, 3.05) is 0 Å². The van der Waals surface area contributed by atoms with E-state index in [0.717, 1.165) is 27.8 Å². The molecule has 0 bridgehead atoms. The van der Waals surface area contributed by atoms with Gasteiger partial charge in [0.05, 0.1) is 11.4 Å². The molecule has 0 amide bonds. The van der Waals surface area contributed by atoms with Crippen LogP contribution in [0.4, 0.5) is 0 Å². The van der Waals surface area contributed by atoms with Crippen molar-refractivity contribution in [2.45, 2.75) is 26.3 Å². The molecule has 2 heterocycles. The summed E-state index contributed by atoms with van der Waals surface area (Å²) in [6, 6.07) is 10.1. The van der Waals surface area contributed by atoms with E-state index in [4.69, 9.17) is 5.73 Å². The van der Waals surface area contributed by atoms with Crippen LogP contribution >= 0.6 is 11.3 Å². The molecule has 0 aliphatic rings. The Balaban J connectivity index is 2.03. The topological polar surface area (TPSA) is 69.6 Å². The summed E-state index contributed by atoms with van der Waals surface area (Å²) in [4.78, 5) is 4.68. The number of rotatable bonds is 4. The summed E-state index contributed by atoms with van der Waals surface area (Å²) in [5.41, 5.74) is 9.67. The van der Waals surface area contributed by atoms with Crippen LogP contribution in [0.5, 0.6) is 0 Å². The number of nitrogens with two attached hydrogens (primary N) is 1. The third-order valence-electron chi connectivity index (χ3n) is 3.26. The van der Waals surface area contributed by atoms with E-state index in [1.807, 2.05) is 28.3 Å². The van der Waals surface area contributed by atoms with E-state index in [0.29, 0.717) is 12.5 Å². The summed E-state index contributed by atoms with van der Waals surface area (Å²) in [5.74, 6) is 0.294. The molecule has 2 N–H and O–H groups in total. The van der Waals surface area contributed by atoms with Gasteiger partial charge in [0.1, 0.15) is 5.69 Å². The lowest BCUT2D eigenvalue weighted by molar-refractivity contribution is 0.710. The average molecular weight is 299 g/mol. The van der Waals surface area contributed by atoms with Crippen molar-refractivity contribution in [3.63, 3.8) is 0 Å². The summed E-state index contributed by atoms with van der Waals surface area (Å²) in [6.07, 6.45) is 0. The van der Waals surface area contributed by atoms with Gasteiger partial charge in [-0.3, -0.25) is 0 Å². The molecule has 0 fully saturated rings. The molecule has 0 unspecified atom stereocenters. The minimum Gasteiger partial charge on any atom is -0.325 e. The zero-order valence-electron chi connectivity index (χ0n) is 12.0. The van der Waals surface area contributed by atoms with Crippen LogP contribution in [0.1, 0.15) is 31.2 Å². The lowest BCUT2D eigenvalue weighted by Gasteiger charge is -2.07. The quantitative estimate of drug-likeness (QED) is 0.804. The monoisotopic (exact) mass is 299 g/mol. The van der Waals surface area contributed by atoms with E-state index in [9.17, 15) is 0 Å². The van der Waals surface area contributed by atoms with Crippen molar-refractivity contribution < 1.29 is 0 Å². The Morgan fingerprint density at radius 1 is 1.24 bits per heavy atom. The standard InChI is InChI=1S/C15H17N5S/c1-10(2)14-12(8-16)18-19-20(14)15-17-13(9-21-15)11-6-4-3-5-7-11/h3-7,9-10H,8,16H2,1-2H3. The van der Waals surface area contributed by atoms with Gasteiger partial charge in [-0.15, -0.1) is 16.4 Å². The highest BCUT2D eigenvalue weighted by Gasteiger charge is 2.18. The molecule has 0 aliphatic heterocycles. The number of nitrogens with zero attached hydrogens (tertiary/aromatic N) is 4. The summed E-state index contributed by atoms with van der Waals surface area (Å²) in [5, 5.41) is 11.3. The highest BCUT2D eigenvalue weighted by atomic mass is 32.1. The van der Waals surface area contributed by atoms with Gasteiger partial charge in [0, 0.05) is 17.5 Å². The normalized spacial score (nSPS) is 11.2. The molecule has 0 radical (unpaired) electrons. The largest absolute Gasteiger partial charge is 0.325 e. The van der Waals surface area contributed by atoms with Gasteiger partial charge < -0.3 is 5.73 Å². The maximum Gasteiger partial charge on any atom is 0.212 e. The molecule has 3 rings (SSSR count). The van der Waals surface area contributed by atoms with Crippen molar-refractivity contribution in [1.82, 2.24) is 20.0 Å². The lowest BCUT2D eigenvalue weighted by atomic mass is 10.1. The Labute approximate surface area is 127 Å². The zero-order chi connectivity index (χ0) is 14.8. The van der Waals surface area contributed by atoms with Crippen molar-refractivity contribution in [2.24, 2.45) is 5.73 Å². The summed E-state index contributed by atoms with van der Waals surface area (Å²) < 4.78 is 1.81. The highest BCUT2D eigenvalue weighted by molar-refractivity contribution is 7.12. The smallest absolute Gasteiger partial charge is 0.212 e. The van der Waals surface area contributed by atoms with Crippen LogP contribution in [0.2, 0.25) is 0 Å². The molecule has 0 aliphatic carbocycles. The summed E-state index contributed by atoms with van der Waals surface area (Å²) in [7, 11) is 0. The van der Waals surface area contributed by atoms with E-state index in [1.54, 1.807) is 11.3 Å². The first-order chi connectivity index (χ1) is 10.2. The summed E-state index contributed by atoms with van der Waals surface area (Å²) >= 11 is 1.56. The zero-order valence-corrected chi connectivity index (χ0v) is 12.8. The van der Waals surface area contributed by atoms with Crippen LogP contribution in [-0.4, -0.2) is 20.0 Å². The molecule has 3 aromatic rings. The molecule has 0 saturated carbocycles. The minimum atomic E-state index is 0.294. The van der Waals surface area contributed by atoms with Gasteiger partial charge in [-0.25, -0.2) is 4.98 Å². The predicted molar refractivity (Wildman–Crippen MR) is 84.4 cm³/mol. The van der Waals surface area contributed by atoms with Crippen LogP contribution < -0.4 is 5.73 Å². The van der Waals surface area contributed by atoms with Crippen LogP contribution in [0.3, 0.4) is 0 Å². The molecule has 1 aromatic carbocycles. The second-order valence-corrected chi connectivity index (χ2v) is 5.91. The SMILES string of the molecule is CC(C)c1c(CN)nnn1-c1nc(-c2ccccc2)cs1. The Morgan fingerprint density at radius 3 is 2.67 bits per heavy atom. The molecular formula is C15H17N5S. The van der Waals surface area contributed by atoms with Gasteiger partial charge in [0.25, 0.3) is 0 Å². The Kier molecular flexibility index (Phi) is 3.81. The lowest BCUT2D eigenvalue weighted by Crippen LogP contribution is -2.07. The van der Waals surface area contributed by atoms with Crippen LogP contribution in [-0.2, 0) is 6.54 Å². The Hall–Kier alpha value is -2.05. The third kappa shape index (κ3) is 2.59. The predicted octanol–water partition coefficient (Wildman–Crippen LogP) is 2.97. The molecule has 5 nitrogen and oxygen atoms in total. The maximum atomic E-state index is 5.74. The van der Waals surface area contributed by atoms with E-state index >= 15 is 0 Å². The average Bonchev–Trinajstić information content (AvgIpc) is 3.14. The number of thiazole rings is 1. The fourth-order valence-corrected chi connectivity index (χ4v) is 3.08. The molecule has 108 valence electrons. The van der Waals surface area contributed by atoms with Gasteiger partial charge in [-0.1, -0.05) is 49.4 Å². The molecule has 2 aromatic heterocycles. The molecule has 21 heavy (non-hydrogen) atoms. The molecule has 0 spiro atoms. The van der Waals surface area contributed by atoms with Gasteiger partial charge in [-0.2, -0.15) is 4.68 Å². The number of hydrogen-bond donors (Lipinski definition) is 1. The highest BCUT2D eigenvalue weighted by Crippen LogP contribution is 2.27. The first-order valence-electron chi connectivity index (χ1n) is 6.86. The van der Waals surface area contributed by atoms with Crippen LogP contribution in [0, 0.1) is 0 Å². The second kappa shape index (κ2) is 5.75. The van der Waals surface area contributed by atoms with Crippen molar-refractivity contribution >= 4 is 11.3 Å². The summed E-state index contributed by atoms with van der Waals surface area (Å²) in [6.45, 7) is 4.62. The van der Waals surface area contributed by atoms with Gasteiger partial charge in [0.15, 0.2) is 0 Å². The minimum absolute atomic E-state index is 0.294. The van der Waals surface area contributed by atoms with Crippen molar-refractivity contribution in [3.05, 3.63) is 47.1 Å². The van der Waals surface area contributed by atoms with E-state index in [1.165, 1.54) is 0 Å². The maximum absolute atomic E-state index is 5.74. The number of benzene rings is 1. The van der Waals surface area contributed by atoms with E-state index in [2.05, 4.69) is 41.3 Å². The van der Waals surface area contributed by atoms with Crippen LogP contribution in [0.15, 0.2) is 35.7 Å². The molecular weight excluding hydrogens is 282 g/mol. The van der Waals surface area contributed by atoms with Crippen molar-refractivity contribution in [3.8, 4) is 16.4 Å². The molecule has 0 saturated heterocycles. The molecule has 0 atom stereocenters. The van der Waals surface area contributed by atoms with Gasteiger partial charge in [0.2, 0.25) is 5.13 Å². The fraction of sp³-hybridized carbons (Fsp3) is 0.267. The number of hydrogen-bond acceptors (Lipinski definition) is 5. The van der Waals surface area contributed by atoms with Crippen molar-refractivity contribution in [1.29, 1.82) is 0 Å². The van der Waals surface area contributed by atoms with Gasteiger partial charge >= 0.3 is 0 Å². The first kappa shape index (κ1) is 13.9. The van der Waals surface area contributed by atoms with Crippen LogP contribution in [0.25, 0.3) is 16.4 Å².